The van der Waals surface area contributed by atoms with Crippen molar-refractivity contribution >= 4 is 33.9 Å². The number of hydrogen-bond acceptors (Lipinski definition) is 4. The zero-order valence-corrected chi connectivity index (χ0v) is 16.6. The van der Waals surface area contributed by atoms with Crippen molar-refractivity contribution in [3.05, 3.63) is 64.4 Å². The largest absolute Gasteiger partial charge is 0.494 e. The Morgan fingerprint density at radius 2 is 1.82 bits per heavy atom. The van der Waals surface area contributed by atoms with Crippen LogP contribution in [0.2, 0.25) is 0 Å². The van der Waals surface area contributed by atoms with Crippen molar-refractivity contribution in [1.82, 2.24) is 5.32 Å². The molecule has 1 aromatic heterocycles. The summed E-state index contributed by atoms with van der Waals surface area (Å²) >= 11 is 1.46. The van der Waals surface area contributed by atoms with Gasteiger partial charge in [-0.1, -0.05) is 37.1 Å². The number of benzene rings is 2. The lowest BCUT2D eigenvalue weighted by atomic mass is 10.1. The predicted octanol–water partition coefficient (Wildman–Crippen LogP) is 4.55. The second-order valence-electron chi connectivity index (χ2n) is 6.63. The molecule has 28 heavy (non-hydrogen) atoms. The highest BCUT2D eigenvalue weighted by Crippen LogP contribution is 2.22. The van der Waals surface area contributed by atoms with Gasteiger partial charge in [-0.05, 0) is 53.3 Å². The first-order valence-corrected chi connectivity index (χ1v) is 10.3. The lowest BCUT2D eigenvalue weighted by Crippen LogP contribution is -2.23. The zero-order chi connectivity index (χ0) is 19.8. The van der Waals surface area contributed by atoms with Crippen molar-refractivity contribution < 1.29 is 9.53 Å². The molecule has 0 saturated heterocycles. The number of rotatable bonds is 10. The van der Waals surface area contributed by atoms with Crippen LogP contribution in [0.5, 0.6) is 5.75 Å². The number of nitrogen functional groups attached to an aromatic ring is 1. The number of nitrogens with two attached hydrogens (primary N) is 1. The Hall–Kier alpha value is -2.86. The Morgan fingerprint density at radius 1 is 1.04 bits per heavy atom. The van der Waals surface area contributed by atoms with Crippen LogP contribution >= 0.6 is 11.3 Å². The first-order valence-electron chi connectivity index (χ1n) is 9.46. The molecule has 0 unspecified atom stereocenters. The van der Waals surface area contributed by atoms with Gasteiger partial charge in [0.1, 0.15) is 11.6 Å². The van der Waals surface area contributed by atoms with Crippen LogP contribution in [0.15, 0.2) is 53.9 Å². The van der Waals surface area contributed by atoms with E-state index in [4.69, 9.17) is 15.9 Å². The van der Waals surface area contributed by atoms with Gasteiger partial charge in [-0.15, -0.1) is 11.3 Å². The van der Waals surface area contributed by atoms with Crippen LogP contribution in [0, 0.1) is 5.41 Å². The first kappa shape index (κ1) is 19.9. The molecule has 2 aromatic carbocycles. The average molecular weight is 396 g/mol. The van der Waals surface area contributed by atoms with E-state index in [1.165, 1.54) is 11.3 Å². The summed E-state index contributed by atoms with van der Waals surface area (Å²) in [6.45, 7) is 1.39. The van der Waals surface area contributed by atoms with E-state index in [0.717, 1.165) is 52.6 Å². The summed E-state index contributed by atoms with van der Waals surface area (Å²) in [7, 11) is 0. The lowest BCUT2D eigenvalue weighted by Gasteiger charge is -2.08. The van der Waals surface area contributed by atoms with Gasteiger partial charge in [-0.2, -0.15) is 0 Å². The highest BCUT2D eigenvalue weighted by molar-refractivity contribution is 7.12. The minimum atomic E-state index is 0.0186. The third-order valence-electron chi connectivity index (χ3n) is 4.49. The lowest BCUT2D eigenvalue weighted by molar-refractivity contribution is 0.0957. The van der Waals surface area contributed by atoms with Crippen LogP contribution in [0.1, 0.15) is 40.9 Å². The van der Waals surface area contributed by atoms with Gasteiger partial charge >= 0.3 is 0 Å². The van der Waals surface area contributed by atoms with E-state index >= 15 is 0 Å². The van der Waals surface area contributed by atoms with Crippen molar-refractivity contribution in [2.45, 2.75) is 25.7 Å². The molecular formula is C22H25N3O2S. The summed E-state index contributed by atoms with van der Waals surface area (Å²) in [5.41, 5.74) is 6.26. The maximum Gasteiger partial charge on any atom is 0.261 e. The van der Waals surface area contributed by atoms with Gasteiger partial charge in [-0.3, -0.25) is 10.2 Å². The van der Waals surface area contributed by atoms with E-state index in [2.05, 4.69) is 5.32 Å². The number of amidine groups is 1. The molecule has 0 radical (unpaired) electrons. The highest BCUT2D eigenvalue weighted by Gasteiger charge is 2.05. The fourth-order valence-corrected chi connectivity index (χ4v) is 3.59. The molecule has 146 valence electrons. The second-order valence-corrected chi connectivity index (χ2v) is 7.58. The van der Waals surface area contributed by atoms with Gasteiger partial charge in [0.2, 0.25) is 0 Å². The summed E-state index contributed by atoms with van der Waals surface area (Å²) in [5.74, 6) is 0.949. The van der Waals surface area contributed by atoms with Crippen LogP contribution in [0.4, 0.5) is 0 Å². The van der Waals surface area contributed by atoms with Crippen molar-refractivity contribution in [3.63, 3.8) is 0 Å². The highest BCUT2D eigenvalue weighted by atomic mass is 32.1. The monoisotopic (exact) mass is 395 g/mol. The zero-order valence-electron chi connectivity index (χ0n) is 15.7. The molecule has 6 heteroatoms. The number of unbranched alkanes of at least 4 members (excludes halogenated alkanes) is 3. The predicted molar refractivity (Wildman–Crippen MR) is 116 cm³/mol. The summed E-state index contributed by atoms with van der Waals surface area (Å²) < 4.78 is 5.85. The summed E-state index contributed by atoms with van der Waals surface area (Å²) in [5, 5.41) is 14.5. The van der Waals surface area contributed by atoms with Crippen molar-refractivity contribution in [2.24, 2.45) is 5.73 Å². The van der Waals surface area contributed by atoms with E-state index in [-0.39, 0.29) is 11.7 Å². The quantitative estimate of drug-likeness (QED) is 0.267. The number of thiophene rings is 1. The Bertz CT molecular complexity index is 938. The number of carbonyl (C=O) groups excluding carboxylic acids is 1. The summed E-state index contributed by atoms with van der Waals surface area (Å²) in [6.07, 6.45) is 4.11. The van der Waals surface area contributed by atoms with Crippen molar-refractivity contribution in [3.8, 4) is 5.75 Å². The third kappa shape index (κ3) is 5.57. The Morgan fingerprint density at radius 3 is 2.61 bits per heavy atom. The number of nitrogens with one attached hydrogen (secondary N) is 2. The van der Waals surface area contributed by atoms with E-state index in [1.807, 2.05) is 53.9 Å². The first-order chi connectivity index (χ1) is 13.6. The maximum absolute atomic E-state index is 11.8. The number of hydrogen-bond donors (Lipinski definition) is 3. The number of fused-ring (bicyclic) bond motifs is 1. The molecule has 1 heterocycles. The van der Waals surface area contributed by atoms with Gasteiger partial charge < -0.3 is 15.8 Å². The van der Waals surface area contributed by atoms with Gasteiger partial charge in [0.15, 0.2) is 0 Å². The summed E-state index contributed by atoms with van der Waals surface area (Å²) in [6, 6.07) is 15.4. The number of amides is 1. The third-order valence-corrected chi connectivity index (χ3v) is 5.36. The Labute approximate surface area is 169 Å². The molecule has 0 bridgehead atoms. The van der Waals surface area contributed by atoms with E-state index in [1.54, 1.807) is 0 Å². The molecule has 0 fully saturated rings. The van der Waals surface area contributed by atoms with E-state index in [9.17, 15) is 4.79 Å². The molecule has 0 atom stereocenters. The van der Waals surface area contributed by atoms with E-state index in [0.29, 0.717) is 13.2 Å². The van der Waals surface area contributed by atoms with Crippen LogP contribution in [0.25, 0.3) is 10.8 Å². The van der Waals surface area contributed by atoms with Crippen LogP contribution in [-0.2, 0) is 0 Å². The van der Waals surface area contributed by atoms with Crippen LogP contribution < -0.4 is 15.8 Å². The summed E-state index contributed by atoms with van der Waals surface area (Å²) in [4.78, 5) is 12.6. The molecule has 0 spiro atoms. The van der Waals surface area contributed by atoms with E-state index < -0.39 is 0 Å². The average Bonchev–Trinajstić information content (AvgIpc) is 3.24. The molecule has 3 rings (SSSR count). The fourth-order valence-electron chi connectivity index (χ4n) is 2.95. The Kier molecular flexibility index (Phi) is 7.03. The number of carbonyl (C=O) groups is 1. The smallest absolute Gasteiger partial charge is 0.261 e. The molecule has 1 amide bonds. The van der Waals surface area contributed by atoms with Crippen molar-refractivity contribution in [2.75, 3.05) is 13.2 Å². The molecule has 4 N–H and O–H groups in total. The molecule has 5 nitrogen and oxygen atoms in total. The van der Waals surface area contributed by atoms with Crippen molar-refractivity contribution in [1.29, 1.82) is 5.41 Å². The topological polar surface area (TPSA) is 88.2 Å². The normalized spacial score (nSPS) is 10.7. The minimum Gasteiger partial charge on any atom is -0.494 e. The molecule has 0 aliphatic heterocycles. The maximum atomic E-state index is 11.8. The molecular weight excluding hydrogens is 370 g/mol. The molecule has 0 saturated carbocycles. The van der Waals surface area contributed by atoms with Gasteiger partial charge in [-0.25, -0.2) is 0 Å². The fraction of sp³-hybridized carbons (Fsp3) is 0.273. The standard InChI is InChI=1S/C22H25N3O2S/c23-21(24)18-8-7-17-15-19(10-9-16(17)14-18)27-12-4-2-1-3-11-25-22(26)20-6-5-13-28-20/h5-10,13-15H,1-4,11-12H2,(H3,23,24)(H,25,26). The van der Waals surface area contributed by atoms with Crippen LogP contribution in [0.3, 0.4) is 0 Å². The Balaban J connectivity index is 1.32. The molecule has 0 aliphatic rings. The van der Waals surface area contributed by atoms with Gasteiger partial charge in [0, 0.05) is 12.1 Å². The molecule has 3 aromatic rings. The number of ether oxygens (including phenoxy) is 1. The van der Waals surface area contributed by atoms with Crippen LogP contribution in [-0.4, -0.2) is 24.9 Å². The molecule has 0 aliphatic carbocycles. The SMILES string of the molecule is N=C(N)c1ccc2cc(OCCCCCCNC(=O)c3cccs3)ccc2c1. The minimum absolute atomic E-state index is 0.0186. The van der Waals surface area contributed by atoms with Gasteiger partial charge in [0.05, 0.1) is 11.5 Å². The second kappa shape index (κ2) is 9.90. The van der Waals surface area contributed by atoms with Gasteiger partial charge in [0.25, 0.3) is 5.91 Å².